The van der Waals surface area contributed by atoms with E-state index in [-0.39, 0.29) is 5.91 Å². The molecule has 0 unspecified atom stereocenters. The number of amides is 1. The van der Waals surface area contributed by atoms with E-state index in [2.05, 4.69) is 4.90 Å². The number of hydrogen-bond donors (Lipinski definition) is 1. The third-order valence-corrected chi connectivity index (χ3v) is 8.76. The first kappa shape index (κ1) is 35.3. The summed E-state index contributed by atoms with van der Waals surface area (Å²) in [4.78, 5) is 31.2. The SMILES string of the molecule is C/C=C/[C@@H](O)[C@H](C)C(=O)N1CCCC[C@H]1C(=O)O[C@H](CCc1ccc(OC)c(OC)c1)c1cccc(OCCN2CCOCC2)c1. The molecule has 2 aliphatic rings. The molecule has 2 aliphatic heterocycles. The van der Waals surface area contributed by atoms with Crippen LogP contribution in [0, 0.1) is 5.92 Å². The maximum absolute atomic E-state index is 13.9. The number of ether oxygens (including phenoxy) is 5. The molecule has 2 heterocycles. The maximum atomic E-state index is 13.9. The number of methoxy groups -OCH3 is 2. The zero-order valence-electron chi connectivity index (χ0n) is 27.7. The van der Waals surface area contributed by atoms with Crippen LogP contribution >= 0.6 is 0 Å². The van der Waals surface area contributed by atoms with Crippen molar-refractivity contribution in [1.29, 1.82) is 0 Å². The van der Waals surface area contributed by atoms with Gasteiger partial charge in [0.25, 0.3) is 0 Å². The Kier molecular flexibility index (Phi) is 13.7. The number of hydrogen-bond acceptors (Lipinski definition) is 9. The van der Waals surface area contributed by atoms with Crippen LogP contribution in [0.25, 0.3) is 0 Å². The molecule has 4 rings (SSSR count). The minimum Gasteiger partial charge on any atom is -0.493 e. The fourth-order valence-corrected chi connectivity index (χ4v) is 5.98. The monoisotopic (exact) mass is 638 g/mol. The highest BCUT2D eigenvalue weighted by Gasteiger charge is 2.37. The summed E-state index contributed by atoms with van der Waals surface area (Å²) in [5.74, 6) is 0.638. The summed E-state index contributed by atoms with van der Waals surface area (Å²) in [6.07, 6.45) is 5.08. The Labute approximate surface area is 273 Å². The van der Waals surface area contributed by atoms with Crippen molar-refractivity contribution in [3.63, 3.8) is 0 Å². The number of morpholine rings is 1. The maximum Gasteiger partial charge on any atom is 0.329 e. The van der Waals surface area contributed by atoms with Crippen LogP contribution in [0.3, 0.4) is 0 Å². The molecule has 0 saturated carbocycles. The number of aliphatic hydroxyl groups is 1. The van der Waals surface area contributed by atoms with Crippen molar-refractivity contribution in [3.05, 3.63) is 65.7 Å². The highest BCUT2D eigenvalue weighted by Crippen LogP contribution is 2.32. The summed E-state index contributed by atoms with van der Waals surface area (Å²) >= 11 is 0. The van der Waals surface area contributed by atoms with Crippen molar-refractivity contribution in [2.45, 2.75) is 64.2 Å². The van der Waals surface area contributed by atoms with Gasteiger partial charge in [0.1, 0.15) is 24.5 Å². The molecule has 2 aromatic rings. The van der Waals surface area contributed by atoms with E-state index in [1.165, 1.54) is 0 Å². The molecule has 0 bridgehead atoms. The van der Waals surface area contributed by atoms with E-state index in [1.54, 1.807) is 45.1 Å². The first-order chi connectivity index (χ1) is 22.3. The highest BCUT2D eigenvalue weighted by atomic mass is 16.5. The van der Waals surface area contributed by atoms with Crippen molar-refractivity contribution in [2.75, 3.05) is 60.2 Å². The standard InChI is InChI=1S/C36H50N2O8/c1-5-9-31(39)26(2)35(40)38-17-7-6-12-30(38)36(41)46-32(15-13-27-14-16-33(42-3)34(24-27)43-4)28-10-8-11-29(25-28)45-23-20-37-18-21-44-22-19-37/h5,8-11,14,16,24-26,30-32,39H,6-7,12-13,15,17-23H2,1-4H3/b9-5+/t26-,30-,31+,32+/m0/s1. The second-order valence-corrected chi connectivity index (χ2v) is 11.9. The minimum absolute atomic E-state index is 0.246. The Balaban J connectivity index is 1.51. The van der Waals surface area contributed by atoms with Gasteiger partial charge in [-0.3, -0.25) is 9.69 Å². The van der Waals surface area contributed by atoms with Crippen LogP contribution in [0.1, 0.15) is 56.8 Å². The molecule has 1 amide bonds. The summed E-state index contributed by atoms with van der Waals surface area (Å²) in [6, 6.07) is 12.8. The van der Waals surface area contributed by atoms with E-state index in [0.29, 0.717) is 49.7 Å². The number of esters is 1. The van der Waals surface area contributed by atoms with Crippen LogP contribution in [0.4, 0.5) is 0 Å². The zero-order valence-corrected chi connectivity index (χ0v) is 27.7. The smallest absolute Gasteiger partial charge is 0.329 e. The van der Waals surface area contributed by atoms with E-state index >= 15 is 0 Å². The lowest BCUT2D eigenvalue weighted by molar-refractivity contribution is -0.164. The Morgan fingerprint density at radius 1 is 1.04 bits per heavy atom. The summed E-state index contributed by atoms with van der Waals surface area (Å²) in [6.45, 7) is 8.55. The second-order valence-electron chi connectivity index (χ2n) is 11.9. The third-order valence-electron chi connectivity index (χ3n) is 8.76. The van der Waals surface area contributed by atoms with Gasteiger partial charge in [-0.2, -0.15) is 0 Å². The van der Waals surface area contributed by atoms with Crippen LogP contribution in [0.2, 0.25) is 0 Å². The molecule has 2 aromatic carbocycles. The van der Waals surface area contributed by atoms with Crippen LogP contribution in [-0.2, 0) is 25.5 Å². The molecule has 252 valence electrons. The van der Waals surface area contributed by atoms with Gasteiger partial charge in [-0.25, -0.2) is 4.79 Å². The Hall–Kier alpha value is -3.60. The van der Waals surface area contributed by atoms with Crippen molar-refractivity contribution in [3.8, 4) is 17.2 Å². The first-order valence-electron chi connectivity index (χ1n) is 16.4. The molecule has 2 saturated heterocycles. The van der Waals surface area contributed by atoms with E-state index in [1.807, 2.05) is 42.5 Å². The van der Waals surface area contributed by atoms with E-state index in [9.17, 15) is 14.7 Å². The van der Waals surface area contributed by atoms with Gasteiger partial charge in [-0.1, -0.05) is 37.3 Å². The van der Waals surface area contributed by atoms with Gasteiger partial charge in [-0.15, -0.1) is 0 Å². The summed E-state index contributed by atoms with van der Waals surface area (Å²) in [5.41, 5.74) is 1.83. The molecule has 10 nitrogen and oxygen atoms in total. The summed E-state index contributed by atoms with van der Waals surface area (Å²) in [5, 5.41) is 10.5. The summed E-state index contributed by atoms with van der Waals surface area (Å²) in [7, 11) is 3.21. The molecule has 2 fully saturated rings. The molecule has 10 heteroatoms. The topological polar surface area (TPSA) is 107 Å². The Morgan fingerprint density at radius 3 is 2.57 bits per heavy atom. The molecular weight excluding hydrogens is 588 g/mol. The lowest BCUT2D eigenvalue weighted by Gasteiger charge is -2.37. The van der Waals surface area contributed by atoms with Crippen LogP contribution in [0.15, 0.2) is 54.6 Å². The van der Waals surface area contributed by atoms with Crippen LogP contribution in [-0.4, -0.2) is 99.1 Å². The predicted octanol–water partition coefficient (Wildman–Crippen LogP) is 4.59. The zero-order chi connectivity index (χ0) is 32.9. The van der Waals surface area contributed by atoms with Crippen LogP contribution < -0.4 is 14.2 Å². The number of piperidine rings is 1. The minimum atomic E-state index is -0.920. The number of allylic oxidation sites excluding steroid dienone is 1. The Bertz CT molecular complexity index is 1290. The quantitative estimate of drug-likeness (QED) is 0.222. The lowest BCUT2D eigenvalue weighted by atomic mass is 9.96. The molecule has 0 spiro atoms. The van der Waals surface area contributed by atoms with Gasteiger partial charge in [0.2, 0.25) is 5.91 Å². The fraction of sp³-hybridized carbons (Fsp3) is 0.556. The first-order valence-corrected chi connectivity index (χ1v) is 16.4. The van der Waals surface area contributed by atoms with E-state index < -0.39 is 30.1 Å². The number of likely N-dealkylation sites (tertiary alicyclic amines) is 1. The number of nitrogens with zero attached hydrogens (tertiary/aromatic N) is 2. The number of aryl methyl sites for hydroxylation is 1. The predicted molar refractivity (Wildman–Crippen MR) is 175 cm³/mol. The van der Waals surface area contributed by atoms with Gasteiger partial charge < -0.3 is 33.7 Å². The normalized spacial score (nSPS) is 19.3. The molecule has 46 heavy (non-hydrogen) atoms. The molecular formula is C36H50N2O8. The number of carbonyl (C=O) groups is 2. The second kappa shape index (κ2) is 17.9. The van der Waals surface area contributed by atoms with Gasteiger partial charge in [0.15, 0.2) is 11.5 Å². The number of benzene rings is 2. The van der Waals surface area contributed by atoms with Gasteiger partial charge >= 0.3 is 5.97 Å². The van der Waals surface area contributed by atoms with E-state index in [4.69, 9.17) is 23.7 Å². The number of rotatable bonds is 15. The number of carbonyl (C=O) groups excluding carboxylic acids is 2. The van der Waals surface area contributed by atoms with Crippen molar-refractivity contribution >= 4 is 11.9 Å². The molecule has 0 radical (unpaired) electrons. The largest absolute Gasteiger partial charge is 0.493 e. The summed E-state index contributed by atoms with van der Waals surface area (Å²) < 4.78 is 28.7. The van der Waals surface area contributed by atoms with Crippen molar-refractivity contribution < 1.29 is 38.4 Å². The fourth-order valence-electron chi connectivity index (χ4n) is 5.98. The van der Waals surface area contributed by atoms with E-state index in [0.717, 1.165) is 56.8 Å². The molecule has 1 N–H and O–H groups in total. The van der Waals surface area contributed by atoms with Gasteiger partial charge in [0, 0.05) is 26.2 Å². The Morgan fingerprint density at radius 2 is 1.83 bits per heavy atom. The number of aliphatic hydroxyl groups excluding tert-OH is 1. The molecule has 0 aliphatic carbocycles. The van der Waals surface area contributed by atoms with Gasteiger partial charge in [0.05, 0.1) is 39.5 Å². The third kappa shape index (κ3) is 9.70. The highest BCUT2D eigenvalue weighted by molar-refractivity contribution is 5.86. The van der Waals surface area contributed by atoms with Gasteiger partial charge in [-0.05, 0) is 74.4 Å². The average Bonchev–Trinajstić information content (AvgIpc) is 3.09. The molecule has 4 atom stereocenters. The molecule has 0 aromatic heterocycles. The lowest BCUT2D eigenvalue weighted by Crippen LogP contribution is -2.51. The van der Waals surface area contributed by atoms with Crippen molar-refractivity contribution in [1.82, 2.24) is 9.80 Å². The average molecular weight is 639 g/mol. The van der Waals surface area contributed by atoms with Crippen LogP contribution in [0.5, 0.6) is 17.2 Å². The van der Waals surface area contributed by atoms with Crippen molar-refractivity contribution in [2.24, 2.45) is 5.92 Å².